The highest BCUT2D eigenvalue weighted by molar-refractivity contribution is 6.30. The lowest BCUT2D eigenvalue weighted by atomic mass is 10.2. The summed E-state index contributed by atoms with van der Waals surface area (Å²) in [5.74, 6) is 5.79. The summed E-state index contributed by atoms with van der Waals surface area (Å²) in [5.41, 5.74) is 1.84. The second-order valence-corrected chi connectivity index (χ2v) is 4.95. The van der Waals surface area contributed by atoms with Gasteiger partial charge in [-0.2, -0.15) is 0 Å². The molecule has 0 saturated heterocycles. The normalized spacial score (nSPS) is 9.32. The van der Waals surface area contributed by atoms with E-state index in [-0.39, 0.29) is 12.5 Å². The van der Waals surface area contributed by atoms with E-state index >= 15 is 0 Å². The van der Waals surface area contributed by atoms with Crippen LogP contribution >= 0.6 is 11.6 Å². The summed E-state index contributed by atoms with van der Waals surface area (Å²) < 4.78 is 0. The van der Waals surface area contributed by atoms with Crippen molar-refractivity contribution in [1.82, 2.24) is 0 Å². The summed E-state index contributed by atoms with van der Waals surface area (Å²) in [4.78, 5) is 16.8. The Morgan fingerprint density at radius 1 is 1.23 bits per heavy atom. The predicted molar refractivity (Wildman–Crippen MR) is 89.1 cm³/mol. The van der Waals surface area contributed by atoms with Crippen LogP contribution in [-0.4, -0.2) is 12.5 Å². The number of hydrogen-bond donors (Lipinski definition) is 0. The van der Waals surface area contributed by atoms with E-state index in [1.165, 1.54) is 11.8 Å². The first kappa shape index (κ1) is 15.6. The van der Waals surface area contributed by atoms with Gasteiger partial charge in [0, 0.05) is 17.5 Å². The van der Waals surface area contributed by atoms with Crippen LogP contribution in [0.15, 0.2) is 48.5 Å². The number of carbonyl (C=O) groups is 1. The monoisotopic (exact) mass is 308 g/mol. The molecule has 22 heavy (non-hydrogen) atoms. The molecule has 0 spiro atoms. The molecule has 0 atom stereocenters. The Hall–Kier alpha value is -2.75. The van der Waals surface area contributed by atoms with Gasteiger partial charge >= 0.3 is 0 Å². The Kier molecular flexibility index (Phi) is 5.20. The molecule has 2 aromatic rings. The highest BCUT2D eigenvalue weighted by Gasteiger charge is 2.13. The standard InChI is InChI=1S/C18H13ClN2O/c1-14(22)21(18-8-4-3-7-17(18)20-2)13-5-6-15-9-11-16(19)12-10-15/h3-4,7-12H,13H2,1H3. The van der Waals surface area contributed by atoms with Gasteiger partial charge in [0.1, 0.15) is 0 Å². The maximum Gasteiger partial charge on any atom is 0.223 e. The largest absolute Gasteiger partial charge is 0.311 e. The highest BCUT2D eigenvalue weighted by Crippen LogP contribution is 2.28. The van der Waals surface area contributed by atoms with Crippen LogP contribution in [0.25, 0.3) is 4.85 Å². The molecule has 2 aromatic carbocycles. The molecule has 0 heterocycles. The molecule has 0 aliphatic heterocycles. The molecule has 3 nitrogen and oxygen atoms in total. The Morgan fingerprint density at radius 2 is 1.91 bits per heavy atom. The van der Waals surface area contributed by atoms with Gasteiger partial charge in [0.25, 0.3) is 0 Å². The summed E-state index contributed by atoms with van der Waals surface area (Å²) >= 11 is 5.82. The van der Waals surface area contributed by atoms with Crippen molar-refractivity contribution < 1.29 is 4.79 Å². The molecule has 0 aliphatic rings. The minimum absolute atomic E-state index is 0.151. The topological polar surface area (TPSA) is 24.7 Å². The van der Waals surface area contributed by atoms with Crippen LogP contribution in [0.1, 0.15) is 12.5 Å². The van der Waals surface area contributed by atoms with Crippen LogP contribution in [-0.2, 0) is 4.79 Å². The van der Waals surface area contributed by atoms with E-state index in [2.05, 4.69) is 16.7 Å². The van der Waals surface area contributed by atoms with Crippen LogP contribution in [0.5, 0.6) is 0 Å². The Labute approximate surface area is 135 Å². The summed E-state index contributed by atoms with van der Waals surface area (Å²) in [5, 5.41) is 0.655. The quantitative estimate of drug-likeness (QED) is 0.600. The number of anilines is 1. The summed E-state index contributed by atoms with van der Waals surface area (Å²) in [6, 6.07) is 14.2. The van der Waals surface area contributed by atoms with Gasteiger partial charge < -0.3 is 4.90 Å². The number of benzene rings is 2. The number of para-hydroxylation sites is 2. The average molecular weight is 309 g/mol. The molecule has 0 unspecified atom stereocenters. The van der Waals surface area contributed by atoms with Gasteiger partial charge in [0.2, 0.25) is 11.6 Å². The van der Waals surface area contributed by atoms with Gasteiger partial charge in [-0.05, 0) is 30.3 Å². The van der Waals surface area contributed by atoms with E-state index in [0.29, 0.717) is 16.4 Å². The van der Waals surface area contributed by atoms with Gasteiger partial charge in [-0.3, -0.25) is 4.79 Å². The molecular formula is C18H13ClN2O. The van der Waals surface area contributed by atoms with Crippen molar-refractivity contribution in [1.29, 1.82) is 0 Å². The third-order valence-corrected chi connectivity index (χ3v) is 3.24. The molecule has 0 saturated carbocycles. The smallest absolute Gasteiger partial charge is 0.223 e. The van der Waals surface area contributed by atoms with Crippen LogP contribution < -0.4 is 4.90 Å². The van der Waals surface area contributed by atoms with Crippen LogP contribution in [0.3, 0.4) is 0 Å². The number of halogens is 1. The second-order valence-electron chi connectivity index (χ2n) is 4.51. The maximum atomic E-state index is 11.8. The molecule has 2 rings (SSSR count). The fourth-order valence-corrected chi connectivity index (χ4v) is 2.03. The van der Waals surface area contributed by atoms with Crippen molar-refractivity contribution in [2.75, 3.05) is 11.4 Å². The zero-order chi connectivity index (χ0) is 15.9. The van der Waals surface area contributed by atoms with Crippen molar-refractivity contribution in [3.05, 3.63) is 70.5 Å². The predicted octanol–water partition coefficient (Wildman–Crippen LogP) is 4.30. The minimum Gasteiger partial charge on any atom is -0.311 e. The SMILES string of the molecule is [C-]#[N+]c1ccccc1N(CC#Cc1ccc(Cl)cc1)C(C)=O. The maximum absolute atomic E-state index is 11.8. The fourth-order valence-electron chi connectivity index (χ4n) is 1.91. The third kappa shape index (κ3) is 3.88. The van der Waals surface area contributed by atoms with E-state index in [9.17, 15) is 4.79 Å². The Morgan fingerprint density at radius 3 is 2.55 bits per heavy atom. The number of hydrogen-bond acceptors (Lipinski definition) is 1. The molecule has 0 bridgehead atoms. The van der Waals surface area contributed by atoms with Crippen LogP contribution in [0, 0.1) is 18.4 Å². The van der Waals surface area contributed by atoms with Gasteiger partial charge in [-0.25, -0.2) is 4.85 Å². The first-order chi connectivity index (χ1) is 10.6. The first-order valence-corrected chi connectivity index (χ1v) is 6.98. The van der Waals surface area contributed by atoms with Gasteiger partial charge in [0.15, 0.2) is 0 Å². The van der Waals surface area contributed by atoms with E-state index < -0.39 is 0 Å². The van der Waals surface area contributed by atoms with Gasteiger partial charge in [-0.15, -0.1) is 0 Å². The molecule has 4 heteroatoms. The van der Waals surface area contributed by atoms with Crippen molar-refractivity contribution in [2.45, 2.75) is 6.92 Å². The zero-order valence-electron chi connectivity index (χ0n) is 12.0. The highest BCUT2D eigenvalue weighted by atomic mass is 35.5. The lowest BCUT2D eigenvalue weighted by Gasteiger charge is -2.19. The molecule has 0 aromatic heterocycles. The summed E-state index contributed by atoms with van der Waals surface area (Å²) in [7, 11) is 0. The van der Waals surface area contributed by atoms with E-state index in [0.717, 1.165) is 5.56 Å². The molecule has 1 amide bonds. The second kappa shape index (κ2) is 7.31. The van der Waals surface area contributed by atoms with Gasteiger partial charge in [0.05, 0.1) is 18.8 Å². The molecule has 0 aliphatic carbocycles. The lowest BCUT2D eigenvalue weighted by Crippen LogP contribution is -2.28. The fraction of sp³-hybridized carbons (Fsp3) is 0.111. The molecule has 0 fully saturated rings. The molecule has 0 N–H and O–H groups in total. The average Bonchev–Trinajstić information content (AvgIpc) is 2.53. The van der Waals surface area contributed by atoms with Crippen LogP contribution in [0.2, 0.25) is 5.02 Å². The van der Waals surface area contributed by atoms with Gasteiger partial charge in [-0.1, -0.05) is 41.6 Å². The van der Waals surface area contributed by atoms with E-state index in [1.54, 1.807) is 36.4 Å². The summed E-state index contributed by atoms with van der Waals surface area (Å²) in [6.45, 7) is 8.88. The van der Waals surface area contributed by atoms with Crippen molar-refractivity contribution in [3.8, 4) is 11.8 Å². The Bertz CT molecular complexity index is 779. The number of carbonyl (C=O) groups excluding carboxylic acids is 1. The zero-order valence-corrected chi connectivity index (χ0v) is 12.8. The summed E-state index contributed by atoms with van der Waals surface area (Å²) in [6.07, 6.45) is 0. The molecule has 108 valence electrons. The molecule has 0 radical (unpaired) electrons. The first-order valence-electron chi connectivity index (χ1n) is 6.61. The van der Waals surface area contributed by atoms with E-state index in [4.69, 9.17) is 18.2 Å². The lowest BCUT2D eigenvalue weighted by molar-refractivity contribution is -0.116. The molecular weight excluding hydrogens is 296 g/mol. The van der Waals surface area contributed by atoms with Crippen molar-refractivity contribution in [3.63, 3.8) is 0 Å². The van der Waals surface area contributed by atoms with E-state index in [1.807, 2.05) is 12.1 Å². The number of rotatable bonds is 2. The van der Waals surface area contributed by atoms with Crippen LogP contribution in [0.4, 0.5) is 11.4 Å². The minimum atomic E-state index is -0.151. The Balaban J connectivity index is 2.23. The number of nitrogens with zero attached hydrogens (tertiary/aromatic N) is 2. The van der Waals surface area contributed by atoms with Crippen molar-refractivity contribution >= 4 is 28.9 Å². The van der Waals surface area contributed by atoms with Crippen molar-refractivity contribution in [2.24, 2.45) is 0 Å². The third-order valence-electron chi connectivity index (χ3n) is 2.99. The number of amides is 1.